The van der Waals surface area contributed by atoms with Crippen molar-refractivity contribution in [2.75, 3.05) is 0 Å². The summed E-state index contributed by atoms with van der Waals surface area (Å²) in [7, 11) is 0. The lowest BCUT2D eigenvalue weighted by Crippen LogP contribution is -2.24. The molecule has 0 fully saturated rings. The van der Waals surface area contributed by atoms with Crippen molar-refractivity contribution in [2.45, 2.75) is 123 Å². The molecule has 0 aromatic carbocycles. The van der Waals surface area contributed by atoms with Crippen LogP contribution in [0.1, 0.15) is 116 Å². The van der Waals surface area contributed by atoms with Crippen LogP contribution >= 0.6 is 0 Å². The van der Waals surface area contributed by atoms with Gasteiger partial charge in [0.15, 0.2) is 0 Å². The Hall–Kier alpha value is -1.49. The highest BCUT2D eigenvalue weighted by Crippen LogP contribution is 2.13. The average Bonchev–Trinajstić information content (AvgIpc) is 2.74. The molecule has 1 heterocycles. The van der Waals surface area contributed by atoms with Crippen molar-refractivity contribution in [3.63, 3.8) is 0 Å². The van der Waals surface area contributed by atoms with Crippen LogP contribution in [0.5, 0.6) is 0 Å². The second-order valence-electron chi connectivity index (χ2n) is 8.61. The fourth-order valence-corrected chi connectivity index (χ4v) is 3.29. The van der Waals surface area contributed by atoms with E-state index in [1.165, 1.54) is 95.6 Å². The lowest BCUT2D eigenvalue weighted by atomic mass is 10.0. The number of hydrogen-bond donors (Lipinski definition) is 1. The van der Waals surface area contributed by atoms with Gasteiger partial charge in [0.2, 0.25) is 0 Å². The molecular formula is C25H46N2O3. The maximum absolute atomic E-state index is 9.70. The number of unbranched alkanes of at least 4 members (excludes halogenated alkanes) is 13. The summed E-state index contributed by atoms with van der Waals surface area (Å²) in [6.07, 6.45) is 21.6. The molecule has 1 atom stereocenters. The highest BCUT2D eigenvalue weighted by molar-refractivity contribution is 5.03. The van der Waals surface area contributed by atoms with E-state index >= 15 is 0 Å². The molecule has 1 unspecified atom stereocenters. The minimum absolute atomic E-state index is 0.301. The van der Waals surface area contributed by atoms with Gasteiger partial charge in [-0.3, -0.25) is 15.1 Å². The van der Waals surface area contributed by atoms with Crippen molar-refractivity contribution in [2.24, 2.45) is 5.92 Å². The summed E-state index contributed by atoms with van der Waals surface area (Å²) in [4.78, 5) is 13.4. The van der Waals surface area contributed by atoms with Crippen LogP contribution in [0.25, 0.3) is 0 Å². The second kappa shape index (κ2) is 20.8. The summed E-state index contributed by atoms with van der Waals surface area (Å²) >= 11 is 0. The Morgan fingerprint density at radius 3 is 1.67 bits per heavy atom. The number of nitro groups is 1. The first-order valence-corrected chi connectivity index (χ1v) is 12.2. The van der Waals surface area contributed by atoms with E-state index in [0.717, 1.165) is 6.42 Å². The summed E-state index contributed by atoms with van der Waals surface area (Å²) in [5.41, 5.74) is 1.25. The summed E-state index contributed by atoms with van der Waals surface area (Å²) in [6, 6.07) is 6.23. The lowest BCUT2D eigenvalue weighted by molar-refractivity contribution is -0.579. The van der Waals surface area contributed by atoms with E-state index in [0.29, 0.717) is 0 Å². The molecule has 1 aromatic heterocycles. The SMILES string of the molecule is CC(C)C(O)[N+](=O)[O-].CCCCCCCCCCCCCCCCc1ccccn1. The van der Waals surface area contributed by atoms with Crippen LogP contribution in [0.2, 0.25) is 0 Å². The maximum Gasteiger partial charge on any atom is 0.315 e. The van der Waals surface area contributed by atoms with E-state index in [4.69, 9.17) is 5.11 Å². The van der Waals surface area contributed by atoms with Gasteiger partial charge in [-0.15, -0.1) is 0 Å². The molecule has 0 radical (unpaired) electrons. The number of aryl methyl sites for hydroxylation is 1. The average molecular weight is 423 g/mol. The molecule has 1 rings (SSSR count). The topological polar surface area (TPSA) is 76.3 Å². The molecule has 174 valence electrons. The quantitative estimate of drug-likeness (QED) is 0.123. The number of nitrogens with zero attached hydrogens (tertiary/aromatic N) is 2. The monoisotopic (exact) mass is 422 g/mol. The molecule has 5 heteroatoms. The van der Waals surface area contributed by atoms with Gasteiger partial charge < -0.3 is 5.11 Å². The van der Waals surface area contributed by atoms with Gasteiger partial charge in [-0.25, -0.2) is 0 Å². The Bertz CT molecular complexity index is 494. The van der Waals surface area contributed by atoms with E-state index in [1.807, 2.05) is 12.3 Å². The van der Waals surface area contributed by atoms with Gasteiger partial charge in [-0.05, 0) is 25.0 Å². The van der Waals surface area contributed by atoms with Gasteiger partial charge in [0.05, 0.1) is 4.92 Å². The number of pyridine rings is 1. The van der Waals surface area contributed by atoms with Crippen LogP contribution in [0.4, 0.5) is 0 Å². The first kappa shape index (κ1) is 28.5. The van der Waals surface area contributed by atoms with Crippen LogP contribution in [-0.4, -0.2) is 21.2 Å². The summed E-state index contributed by atoms with van der Waals surface area (Å²) in [6.45, 7) is 5.47. The van der Waals surface area contributed by atoms with Gasteiger partial charge in [-0.1, -0.05) is 110 Å². The standard InChI is InChI=1S/C21H37N.C4H9NO3/c1-2-3-4-5-6-7-8-9-10-11-12-13-14-15-18-21-19-16-17-20-22-21;1-3(2)4(6)5(7)8/h16-17,19-20H,2-15,18H2,1H3;3-4,6H,1-2H3. The van der Waals surface area contributed by atoms with E-state index in [9.17, 15) is 10.1 Å². The minimum Gasteiger partial charge on any atom is -0.333 e. The van der Waals surface area contributed by atoms with Gasteiger partial charge in [0.1, 0.15) is 0 Å². The number of hydrogen-bond acceptors (Lipinski definition) is 4. The van der Waals surface area contributed by atoms with Crippen LogP contribution in [-0.2, 0) is 6.42 Å². The predicted octanol–water partition coefficient (Wildman–Crippen LogP) is 7.34. The summed E-state index contributed by atoms with van der Waals surface area (Å²) in [5.74, 6) is -0.301. The molecule has 0 aliphatic rings. The molecule has 1 aromatic rings. The minimum atomic E-state index is -1.41. The van der Waals surface area contributed by atoms with Gasteiger partial charge >= 0.3 is 6.23 Å². The lowest BCUT2D eigenvalue weighted by Gasteiger charge is -2.03. The zero-order chi connectivity index (χ0) is 22.5. The molecular weight excluding hydrogens is 376 g/mol. The Kier molecular flexibility index (Phi) is 19.7. The third-order valence-corrected chi connectivity index (χ3v) is 5.32. The van der Waals surface area contributed by atoms with Crippen LogP contribution in [0, 0.1) is 16.0 Å². The largest absolute Gasteiger partial charge is 0.333 e. The number of rotatable bonds is 17. The van der Waals surface area contributed by atoms with Crippen molar-refractivity contribution in [3.05, 3.63) is 40.2 Å². The van der Waals surface area contributed by atoms with Crippen molar-refractivity contribution in [1.29, 1.82) is 0 Å². The van der Waals surface area contributed by atoms with E-state index in [2.05, 4.69) is 24.0 Å². The molecule has 0 saturated carbocycles. The van der Waals surface area contributed by atoms with Crippen LogP contribution in [0.3, 0.4) is 0 Å². The van der Waals surface area contributed by atoms with Crippen LogP contribution < -0.4 is 0 Å². The van der Waals surface area contributed by atoms with Gasteiger partial charge in [0, 0.05) is 17.8 Å². The Morgan fingerprint density at radius 1 is 0.867 bits per heavy atom. The maximum atomic E-state index is 9.70. The molecule has 0 bridgehead atoms. The number of aliphatic hydroxyl groups excluding tert-OH is 1. The molecule has 0 spiro atoms. The van der Waals surface area contributed by atoms with Crippen molar-refractivity contribution < 1.29 is 10.0 Å². The molecule has 0 amide bonds. The Labute approximate surface area is 184 Å². The highest BCUT2D eigenvalue weighted by atomic mass is 16.7. The molecule has 1 N–H and O–H groups in total. The van der Waals surface area contributed by atoms with E-state index < -0.39 is 11.2 Å². The molecule has 0 aliphatic heterocycles. The van der Waals surface area contributed by atoms with E-state index in [-0.39, 0.29) is 5.92 Å². The number of aromatic nitrogens is 1. The fraction of sp³-hybridized carbons (Fsp3) is 0.800. The van der Waals surface area contributed by atoms with E-state index in [1.54, 1.807) is 13.8 Å². The second-order valence-corrected chi connectivity index (χ2v) is 8.61. The molecule has 0 aliphatic carbocycles. The first-order valence-electron chi connectivity index (χ1n) is 12.2. The zero-order valence-corrected chi connectivity index (χ0v) is 19.7. The molecule has 0 saturated heterocycles. The smallest absolute Gasteiger partial charge is 0.315 e. The molecule has 5 nitrogen and oxygen atoms in total. The van der Waals surface area contributed by atoms with Crippen molar-refractivity contribution in [1.82, 2.24) is 4.98 Å². The van der Waals surface area contributed by atoms with Gasteiger partial charge in [0.25, 0.3) is 0 Å². The fourth-order valence-electron chi connectivity index (χ4n) is 3.29. The van der Waals surface area contributed by atoms with Gasteiger partial charge in [-0.2, -0.15) is 0 Å². The predicted molar refractivity (Wildman–Crippen MR) is 126 cm³/mol. The zero-order valence-electron chi connectivity index (χ0n) is 19.7. The van der Waals surface area contributed by atoms with Crippen LogP contribution in [0.15, 0.2) is 24.4 Å². The first-order chi connectivity index (χ1) is 14.5. The summed E-state index contributed by atoms with van der Waals surface area (Å²) in [5, 5.41) is 18.2. The Morgan fingerprint density at radius 2 is 1.33 bits per heavy atom. The third kappa shape index (κ3) is 18.5. The Balaban J connectivity index is 0.000000890. The normalized spacial score (nSPS) is 11.8. The summed E-state index contributed by atoms with van der Waals surface area (Å²) < 4.78 is 0. The van der Waals surface area contributed by atoms with Crippen molar-refractivity contribution >= 4 is 0 Å². The van der Waals surface area contributed by atoms with Crippen molar-refractivity contribution in [3.8, 4) is 0 Å². The molecule has 30 heavy (non-hydrogen) atoms. The number of aliphatic hydroxyl groups is 1. The highest BCUT2D eigenvalue weighted by Gasteiger charge is 2.18. The third-order valence-electron chi connectivity index (χ3n) is 5.32.